The zero-order chi connectivity index (χ0) is 17.1. The maximum atomic E-state index is 12.6. The maximum absolute atomic E-state index is 12.6. The molecule has 0 spiro atoms. The molecule has 1 atom stereocenters. The summed E-state index contributed by atoms with van der Waals surface area (Å²) >= 11 is 0. The molecule has 24 heavy (non-hydrogen) atoms. The zero-order valence-corrected chi connectivity index (χ0v) is 13.5. The number of esters is 1. The molecule has 1 aromatic heterocycles. The van der Waals surface area contributed by atoms with Gasteiger partial charge in [0.2, 0.25) is 5.95 Å². The van der Waals surface area contributed by atoms with Crippen LogP contribution in [0.15, 0.2) is 54.5 Å². The topological polar surface area (TPSA) is 78.3 Å². The highest BCUT2D eigenvalue weighted by atomic mass is 16.5. The fraction of sp³-hybridized carbons (Fsp3) is 0.235. The van der Waals surface area contributed by atoms with Crippen molar-refractivity contribution in [3.8, 4) is 5.75 Å². The second kappa shape index (κ2) is 6.57. The number of para-hydroxylation sites is 1. The lowest BCUT2D eigenvalue weighted by Gasteiger charge is -2.28. The van der Waals surface area contributed by atoms with E-state index in [2.05, 4.69) is 22.0 Å². The third-order valence-corrected chi connectivity index (χ3v) is 3.78. The van der Waals surface area contributed by atoms with Gasteiger partial charge in [-0.25, -0.2) is 9.48 Å². The second-order valence-corrected chi connectivity index (χ2v) is 5.22. The molecule has 1 aromatic carbocycles. The van der Waals surface area contributed by atoms with Gasteiger partial charge in [0.05, 0.1) is 12.7 Å². The number of methoxy groups -OCH3 is 1. The number of aromatic nitrogens is 3. The van der Waals surface area contributed by atoms with E-state index in [0.717, 1.165) is 5.56 Å². The third kappa shape index (κ3) is 2.64. The van der Waals surface area contributed by atoms with Gasteiger partial charge in [-0.1, -0.05) is 30.9 Å². The summed E-state index contributed by atoms with van der Waals surface area (Å²) in [6.45, 7) is 5.52. The second-order valence-electron chi connectivity index (χ2n) is 5.22. The van der Waals surface area contributed by atoms with E-state index in [-0.39, 0.29) is 6.61 Å². The number of hydrogen-bond acceptors (Lipinski definition) is 6. The van der Waals surface area contributed by atoms with Crippen LogP contribution in [-0.2, 0) is 9.53 Å². The Morgan fingerprint density at radius 1 is 1.46 bits per heavy atom. The molecule has 0 aliphatic carbocycles. The predicted octanol–water partition coefficient (Wildman–Crippen LogP) is 2.30. The van der Waals surface area contributed by atoms with E-state index >= 15 is 0 Å². The molecule has 124 valence electrons. The number of allylic oxidation sites excluding steroid dienone is 1. The summed E-state index contributed by atoms with van der Waals surface area (Å²) in [6, 6.07) is 7.01. The molecule has 2 heterocycles. The van der Waals surface area contributed by atoms with Gasteiger partial charge in [0.15, 0.2) is 0 Å². The Balaban J connectivity index is 2.14. The maximum Gasteiger partial charge on any atom is 0.338 e. The monoisotopic (exact) mass is 326 g/mol. The first-order valence-corrected chi connectivity index (χ1v) is 7.45. The van der Waals surface area contributed by atoms with Crippen LogP contribution in [0, 0.1) is 0 Å². The number of benzene rings is 1. The van der Waals surface area contributed by atoms with Gasteiger partial charge in [-0.3, -0.25) is 0 Å². The van der Waals surface area contributed by atoms with Crippen LogP contribution in [0.2, 0.25) is 0 Å². The van der Waals surface area contributed by atoms with E-state index in [9.17, 15) is 4.79 Å². The Labute approximate surface area is 139 Å². The molecule has 0 saturated carbocycles. The van der Waals surface area contributed by atoms with Gasteiger partial charge in [0.25, 0.3) is 0 Å². The molecule has 1 N–H and O–H groups in total. The standard InChI is InChI=1S/C17H18N4O3/c1-4-9-24-16(22)14-11(2)20-17-18-10-19-21(17)15(14)12-7-5-6-8-13(12)23-3/h4-8,10,15H,1,9H2,2-3H3,(H,18,19,20). The average molecular weight is 326 g/mol. The molecule has 3 rings (SSSR count). The summed E-state index contributed by atoms with van der Waals surface area (Å²) in [5.74, 6) is 0.785. The average Bonchev–Trinajstić information content (AvgIpc) is 3.06. The molecule has 0 amide bonds. The summed E-state index contributed by atoms with van der Waals surface area (Å²) in [5, 5.41) is 7.35. The van der Waals surface area contributed by atoms with E-state index in [1.807, 2.05) is 31.2 Å². The summed E-state index contributed by atoms with van der Waals surface area (Å²) < 4.78 is 12.4. The van der Waals surface area contributed by atoms with Crippen molar-refractivity contribution in [3.63, 3.8) is 0 Å². The summed E-state index contributed by atoms with van der Waals surface area (Å²) in [4.78, 5) is 16.8. The molecule has 0 saturated heterocycles. The molecule has 7 nitrogen and oxygen atoms in total. The molecule has 1 aliphatic heterocycles. The fourth-order valence-electron chi connectivity index (χ4n) is 2.75. The number of ether oxygens (including phenoxy) is 2. The number of nitrogens with one attached hydrogen (secondary N) is 1. The van der Waals surface area contributed by atoms with E-state index in [0.29, 0.717) is 23.0 Å². The van der Waals surface area contributed by atoms with Crippen molar-refractivity contribution in [2.75, 3.05) is 19.0 Å². The number of nitrogens with zero attached hydrogens (tertiary/aromatic N) is 3. The van der Waals surface area contributed by atoms with Gasteiger partial charge in [-0.15, -0.1) is 0 Å². The number of anilines is 1. The molecule has 2 aromatic rings. The first kappa shape index (κ1) is 15.8. The minimum atomic E-state index is -0.489. The SMILES string of the molecule is C=CCOC(=O)C1=C(C)Nc2ncnn2C1c1ccccc1OC. The summed E-state index contributed by atoms with van der Waals surface area (Å²) in [7, 11) is 1.59. The van der Waals surface area contributed by atoms with E-state index in [1.165, 1.54) is 12.4 Å². The van der Waals surface area contributed by atoms with Crippen LogP contribution in [-0.4, -0.2) is 34.5 Å². The van der Waals surface area contributed by atoms with E-state index in [4.69, 9.17) is 9.47 Å². The molecular formula is C17H18N4O3. The highest BCUT2D eigenvalue weighted by Gasteiger charge is 2.35. The minimum Gasteiger partial charge on any atom is -0.496 e. The van der Waals surface area contributed by atoms with Crippen LogP contribution in [0.4, 0.5) is 5.95 Å². The Morgan fingerprint density at radius 2 is 2.25 bits per heavy atom. The van der Waals surface area contributed by atoms with Gasteiger partial charge < -0.3 is 14.8 Å². The van der Waals surface area contributed by atoms with E-state index in [1.54, 1.807) is 11.8 Å². The van der Waals surface area contributed by atoms with Crippen LogP contribution in [0.5, 0.6) is 5.75 Å². The van der Waals surface area contributed by atoms with Crippen molar-refractivity contribution in [1.29, 1.82) is 0 Å². The van der Waals surface area contributed by atoms with Gasteiger partial charge in [-0.05, 0) is 13.0 Å². The first-order valence-electron chi connectivity index (χ1n) is 7.45. The summed E-state index contributed by atoms with van der Waals surface area (Å²) in [5.41, 5.74) is 1.93. The van der Waals surface area contributed by atoms with Crippen molar-refractivity contribution in [1.82, 2.24) is 14.8 Å². The third-order valence-electron chi connectivity index (χ3n) is 3.78. The highest BCUT2D eigenvalue weighted by Crippen LogP contribution is 2.38. The zero-order valence-electron chi connectivity index (χ0n) is 13.5. The Kier molecular flexibility index (Phi) is 4.33. The molecule has 0 radical (unpaired) electrons. The lowest BCUT2D eigenvalue weighted by molar-refractivity contribution is -0.138. The van der Waals surface area contributed by atoms with E-state index < -0.39 is 12.0 Å². The van der Waals surface area contributed by atoms with Gasteiger partial charge >= 0.3 is 5.97 Å². The van der Waals surface area contributed by atoms with Gasteiger partial charge in [-0.2, -0.15) is 10.1 Å². The Bertz CT molecular complexity index is 810. The van der Waals surface area contributed by atoms with Crippen LogP contribution in [0.1, 0.15) is 18.5 Å². The molecule has 0 bridgehead atoms. The number of carbonyl (C=O) groups is 1. The van der Waals surface area contributed by atoms with Crippen molar-refractivity contribution in [2.24, 2.45) is 0 Å². The molecule has 1 aliphatic rings. The van der Waals surface area contributed by atoms with Crippen molar-refractivity contribution >= 4 is 11.9 Å². The Hall–Kier alpha value is -3.09. The van der Waals surface area contributed by atoms with Gasteiger partial charge in [0, 0.05) is 11.3 Å². The fourth-order valence-corrected chi connectivity index (χ4v) is 2.75. The number of fused-ring (bicyclic) bond motifs is 1. The molecule has 7 heteroatoms. The van der Waals surface area contributed by atoms with Crippen molar-refractivity contribution in [3.05, 3.63) is 60.1 Å². The van der Waals surface area contributed by atoms with Crippen molar-refractivity contribution < 1.29 is 14.3 Å². The van der Waals surface area contributed by atoms with Gasteiger partial charge in [0.1, 0.15) is 24.7 Å². The van der Waals surface area contributed by atoms with Crippen LogP contribution < -0.4 is 10.1 Å². The first-order chi connectivity index (χ1) is 11.7. The van der Waals surface area contributed by atoms with Crippen molar-refractivity contribution in [2.45, 2.75) is 13.0 Å². The molecule has 0 fully saturated rings. The largest absolute Gasteiger partial charge is 0.496 e. The normalized spacial score (nSPS) is 16.2. The lowest BCUT2D eigenvalue weighted by atomic mass is 9.95. The molecular weight excluding hydrogens is 308 g/mol. The lowest BCUT2D eigenvalue weighted by Crippen LogP contribution is -2.30. The smallest absolute Gasteiger partial charge is 0.338 e. The van der Waals surface area contributed by atoms with Crippen LogP contribution >= 0.6 is 0 Å². The summed E-state index contributed by atoms with van der Waals surface area (Å²) in [6.07, 6.45) is 2.97. The Morgan fingerprint density at radius 3 is 3.00 bits per heavy atom. The highest BCUT2D eigenvalue weighted by molar-refractivity contribution is 5.92. The number of rotatable bonds is 5. The quantitative estimate of drug-likeness (QED) is 0.671. The van der Waals surface area contributed by atoms with Crippen LogP contribution in [0.3, 0.4) is 0 Å². The number of carbonyl (C=O) groups excluding carboxylic acids is 1. The van der Waals surface area contributed by atoms with Crippen LogP contribution in [0.25, 0.3) is 0 Å². The number of hydrogen-bond donors (Lipinski definition) is 1. The minimum absolute atomic E-state index is 0.137. The predicted molar refractivity (Wildman–Crippen MR) is 88.6 cm³/mol. The molecule has 1 unspecified atom stereocenters.